The topological polar surface area (TPSA) is 52.1 Å². The summed E-state index contributed by atoms with van der Waals surface area (Å²) >= 11 is 0. The first-order valence-electron chi connectivity index (χ1n) is 5.77. The maximum atomic E-state index is 11.6. The first-order valence-corrected chi connectivity index (χ1v) is 5.77. The molecule has 0 aliphatic carbocycles. The van der Waals surface area contributed by atoms with Crippen LogP contribution in [0.25, 0.3) is 11.3 Å². The minimum atomic E-state index is -0.374. The van der Waals surface area contributed by atoms with E-state index in [0.29, 0.717) is 17.9 Å². The Hall–Kier alpha value is -2.23. The molecule has 0 saturated heterocycles. The predicted octanol–water partition coefficient (Wildman–Crippen LogP) is 2.63. The molecule has 0 bridgehead atoms. The van der Waals surface area contributed by atoms with Gasteiger partial charge in [0, 0.05) is 5.56 Å². The summed E-state index contributed by atoms with van der Waals surface area (Å²) in [6.45, 7) is 4.14. The Bertz CT molecular complexity index is 550. The third-order valence-electron chi connectivity index (χ3n) is 2.51. The van der Waals surface area contributed by atoms with E-state index in [-0.39, 0.29) is 5.97 Å². The molecule has 1 aromatic heterocycles. The lowest BCUT2D eigenvalue weighted by Crippen LogP contribution is -2.06. The first-order chi connectivity index (χ1) is 8.70. The zero-order chi connectivity index (χ0) is 13.0. The zero-order valence-electron chi connectivity index (χ0n) is 10.4. The lowest BCUT2D eigenvalue weighted by atomic mass is 10.1. The van der Waals surface area contributed by atoms with Gasteiger partial charge in [-0.2, -0.15) is 10.2 Å². The average molecular weight is 242 g/mol. The van der Waals surface area contributed by atoms with Crippen molar-refractivity contribution in [3.05, 3.63) is 47.7 Å². The van der Waals surface area contributed by atoms with Gasteiger partial charge in [0.1, 0.15) is 0 Å². The summed E-state index contributed by atoms with van der Waals surface area (Å²) in [7, 11) is 0. The highest BCUT2D eigenvalue weighted by Gasteiger charge is 2.09. The van der Waals surface area contributed by atoms with Gasteiger partial charge in [-0.15, -0.1) is 0 Å². The van der Waals surface area contributed by atoms with Gasteiger partial charge in [-0.25, -0.2) is 4.79 Å². The van der Waals surface area contributed by atoms with E-state index in [0.717, 1.165) is 5.56 Å². The fourth-order valence-electron chi connectivity index (χ4n) is 1.56. The van der Waals surface area contributed by atoms with Crippen LogP contribution in [0.4, 0.5) is 0 Å². The van der Waals surface area contributed by atoms with E-state index < -0.39 is 0 Å². The summed E-state index contributed by atoms with van der Waals surface area (Å²) in [5, 5.41) is 7.86. The Kier molecular flexibility index (Phi) is 3.67. The number of rotatable bonds is 3. The smallest absolute Gasteiger partial charge is 0.339 e. The summed E-state index contributed by atoms with van der Waals surface area (Å²) in [4.78, 5) is 11.6. The highest BCUT2D eigenvalue weighted by atomic mass is 16.5. The molecular formula is C14H14N2O2. The molecule has 0 unspecified atom stereocenters. The molecule has 2 aromatic rings. The van der Waals surface area contributed by atoms with Crippen LogP contribution >= 0.6 is 0 Å². The SMILES string of the molecule is CCOC(=O)c1cnnc(-c2ccc(C)cc2)c1. The van der Waals surface area contributed by atoms with Crippen LogP contribution in [0.2, 0.25) is 0 Å². The van der Waals surface area contributed by atoms with E-state index >= 15 is 0 Å². The monoisotopic (exact) mass is 242 g/mol. The van der Waals surface area contributed by atoms with Crippen molar-refractivity contribution in [1.29, 1.82) is 0 Å². The van der Waals surface area contributed by atoms with Crippen LogP contribution in [-0.4, -0.2) is 22.8 Å². The van der Waals surface area contributed by atoms with Crippen LogP contribution in [0.3, 0.4) is 0 Å². The van der Waals surface area contributed by atoms with Crippen molar-refractivity contribution in [2.24, 2.45) is 0 Å². The molecule has 0 spiro atoms. The van der Waals surface area contributed by atoms with Crippen LogP contribution in [0.1, 0.15) is 22.8 Å². The molecule has 92 valence electrons. The van der Waals surface area contributed by atoms with Gasteiger partial charge in [-0.1, -0.05) is 29.8 Å². The molecule has 1 aromatic carbocycles. The second-order valence-corrected chi connectivity index (χ2v) is 3.92. The van der Waals surface area contributed by atoms with E-state index in [9.17, 15) is 4.79 Å². The molecule has 0 saturated carbocycles. The minimum Gasteiger partial charge on any atom is -0.462 e. The van der Waals surface area contributed by atoms with Crippen molar-refractivity contribution in [3.8, 4) is 11.3 Å². The molecule has 0 amide bonds. The standard InChI is InChI=1S/C14H14N2O2/c1-3-18-14(17)12-8-13(16-15-9-12)11-6-4-10(2)5-7-11/h4-9H,3H2,1-2H3. The van der Waals surface area contributed by atoms with Gasteiger partial charge in [0.25, 0.3) is 0 Å². The molecule has 0 aliphatic rings. The number of benzene rings is 1. The van der Waals surface area contributed by atoms with Crippen LogP contribution in [-0.2, 0) is 4.74 Å². The molecule has 4 heteroatoms. The van der Waals surface area contributed by atoms with Gasteiger partial charge >= 0.3 is 5.97 Å². The quantitative estimate of drug-likeness (QED) is 0.776. The second-order valence-electron chi connectivity index (χ2n) is 3.92. The Morgan fingerprint density at radius 1 is 1.28 bits per heavy atom. The van der Waals surface area contributed by atoms with Crippen molar-refractivity contribution >= 4 is 5.97 Å². The largest absolute Gasteiger partial charge is 0.462 e. The van der Waals surface area contributed by atoms with E-state index in [1.54, 1.807) is 13.0 Å². The third-order valence-corrected chi connectivity index (χ3v) is 2.51. The van der Waals surface area contributed by atoms with Crippen molar-refractivity contribution in [2.75, 3.05) is 6.61 Å². The highest BCUT2D eigenvalue weighted by molar-refractivity contribution is 5.90. The molecule has 2 rings (SSSR count). The van der Waals surface area contributed by atoms with E-state index in [2.05, 4.69) is 10.2 Å². The van der Waals surface area contributed by atoms with Gasteiger partial charge < -0.3 is 4.74 Å². The van der Waals surface area contributed by atoms with Crippen LogP contribution < -0.4 is 0 Å². The highest BCUT2D eigenvalue weighted by Crippen LogP contribution is 2.17. The molecule has 0 aliphatic heterocycles. The van der Waals surface area contributed by atoms with E-state index in [1.807, 2.05) is 31.2 Å². The number of aryl methyl sites for hydroxylation is 1. The van der Waals surface area contributed by atoms with Crippen molar-refractivity contribution in [3.63, 3.8) is 0 Å². The predicted molar refractivity (Wildman–Crippen MR) is 68.2 cm³/mol. The average Bonchev–Trinajstić information content (AvgIpc) is 2.40. The maximum Gasteiger partial charge on any atom is 0.339 e. The summed E-state index contributed by atoms with van der Waals surface area (Å²) in [6.07, 6.45) is 1.41. The molecule has 0 atom stereocenters. The number of hydrogen-bond acceptors (Lipinski definition) is 4. The first kappa shape index (κ1) is 12.2. The number of carbonyl (C=O) groups is 1. The normalized spacial score (nSPS) is 10.1. The Labute approximate surface area is 106 Å². The van der Waals surface area contributed by atoms with Crippen molar-refractivity contribution in [1.82, 2.24) is 10.2 Å². The maximum absolute atomic E-state index is 11.6. The van der Waals surface area contributed by atoms with Gasteiger partial charge in [0.05, 0.1) is 24.1 Å². The van der Waals surface area contributed by atoms with Crippen molar-refractivity contribution < 1.29 is 9.53 Å². The molecule has 18 heavy (non-hydrogen) atoms. The Morgan fingerprint density at radius 2 is 2.00 bits per heavy atom. The number of aromatic nitrogens is 2. The Morgan fingerprint density at radius 3 is 2.67 bits per heavy atom. The summed E-state index contributed by atoms with van der Waals surface area (Å²) in [6, 6.07) is 9.58. The number of nitrogens with zero attached hydrogens (tertiary/aromatic N) is 2. The third kappa shape index (κ3) is 2.71. The molecule has 1 heterocycles. The minimum absolute atomic E-state index is 0.348. The molecule has 0 radical (unpaired) electrons. The fourth-order valence-corrected chi connectivity index (χ4v) is 1.56. The van der Waals surface area contributed by atoms with Crippen molar-refractivity contribution in [2.45, 2.75) is 13.8 Å². The molecule has 0 N–H and O–H groups in total. The van der Waals surface area contributed by atoms with E-state index in [4.69, 9.17) is 4.74 Å². The number of hydrogen-bond donors (Lipinski definition) is 0. The number of carbonyl (C=O) groups excluding carboxylic acids is 1. The van der Waals surface area contributed by atoms with Gasteiger partial charge in [0.2, 0.25) is 0 Å². The Balaban J connectivity index is 2.32. The molecule has 0 fully saturated rings. The second kappa shape index (κ2) is 5.40. The lowest BCUT2D eigenvalue weighted by molar-refractivity contribution is 0.0525. The summed E-state index contributed by atoms with van der Waals surface area (Å²) in [5.41, 5.74) is 3.19. The van der Waals surface area contributed by atoms with Gasteiger partial charge in [-0.05, 0) is 19.9 Å². The van der Waals surface area contributed by atoms with Crippen LogP contribution in [0.5, 0.6) is 0 Å². The summed E-state index contributed by atoms with van der Waals surface area (Å²) in [5.74, 6) is -0.374. The van der Waals surface area contributed by atoms with Gasteiger partial charge in [0.15, 0.2) is 0 Å². The lowest BCUT2D eigenvalue weighted by Gasteiger charge is -2.04. The number of esters is 1. The zero-order valence-corrected chi connectivity index (χ0v) is 10.4. The fraction of sp³-hybridized carbons (Fsp3) is 0.214. The molecular weight excluding hydrogens is 228 g/mol. The number of ether oxygens (including phenoxy) is 1. The van der Waals surface area contributed by atoms with Crippen LogP contribution in [0, 0.1) is 6.92 Å². The van der Waals surface area contributed by atoms with E-state index in [1.165, 1.54) is 11.8 Å². The summed E-state index contributed by atoms with van der Waals surface area (Å²) < 4.78 is 4.93. The van der Waals surface area contributed by atoms with Gasteiger partial charge in [-0.3, -0.25) is 0 Å². The van der Waals surface area contributed by atoms with Crippen LogP contribution in [0.15, 0.2) is 36.5 Å². The molecule has 4 nitrogen and oxygen atoms in total.